The Morgan fingerprint density at radius 3 is 2.35 bits per heavy atom. The Labute approximate surface area is 115 Å². The van der Waals surface area contributed by atoms with Gasteiger partial charge in [0.15, 0.2) is 5.78 Å². The maximum absolute atomic E-state index is 13.1. The fraction of sp³-hybridized carbons (Fsp3) is 0.125. The van der Waals surface area contributed by atoms with Gasteiger partial charge in [0.2, 0.25) is 0 Å². The van der Waals surface area contributed by atoms with Gasteiger partial charge in [0.25, 0.3) is 0 Å². The van der Waals surface area contributed by atoms with Crippen molar-refractivity contribution in [3.63, 3.8) is 0 Å². The summed E-state index contributed by atoms with van der Waals surface area (Å²) in [6, 6.07) is 11.4. The molecule has 20 heavy (non-hydrogen) atoms. The number of halogens is 2. The second-order valence-corrected chi connectivity index (χ2v) is 4.50. The molecule has 2 nitrogen and oxygen atoms in total. The number of carbonyl (C=O) groups is 1. The number of nitriles is 1. The van der Waals surface area contributed by atoms with Crippen molar-refractivity contribution in [2.24, 2.45) is 0 Å². The van der Waals surface area contributed by atoms with Crippen LogP contribution in [0.2, 0.25) is 0 Å². The normalized spacial score (nSPS) is 11.7. The molecule has 0 aromatic heterocycles. The van der Waals surface area contributed by atoms with Crippen molar-refractivity contribution in [2.75, 3.05) is 0 Å². The fourth-order valence-electron chi connectivity index (χ4n) is 2.00. The lowest BCUT2D eigenvalue weighted by atomic mass is 9.91. The third-order valence-electron chi connectivity index (χ3n) is 2.91. The van der Waals surface area contributed by atoms with Crippen molar-refractivity contribution >= 4 is 5.78 Å². The Bertz CT molecular complexity index is 684. The van der Waals surface area contributed by atoms with E-state index >= 15 is 0 Å². The molecule has 0 bridgehead atoms. The lowest BCUT2D eigenvalue weighted by Gasteiger charge is -2.09. The molecule has 0 amide bonds. The molecule has 4 heteroatoms. The van der Waals surface area contributed by atoms with Crippen molar-refractivity contribution in [2.45, 2.75) is 12.8 Å². The van der Waals surface area contributed by atoms with Crippen molar-refractivity contribution in [3.05, 3.63) is 70.8 Å². The van der Waals surface area contributed by atoms with Gasteiger partial charge in [0, 0.05) is 11.6 Å². The minimum absolute atomic E-state index is 0.143. The summed E-state index contributed by atoms with van der Waals surface area (Å²) in [5, 5.41) is 9.18. The first-order chi connectivity index (χ1) is 9.51. The average Bonchev–Trinajstić information content (AvgIpc) is 2.38. The standard InChI is InChI=1S/C16H11F2NO/c1-10-3-2-4-11(5-10)15(9-19)16(20)12-6-13(17)8-14(18)7-12/h2-8,15H,1H3. The van der Waals surface area contributed by atoms with Crippen LogP contribution in [0.25, 0.3) is 0 Å². The summed E-state index contributed by atoms with van der Waals surface area (Å²) >= 11 is 0. The predicted octanol–water partition coefficient (Wildman–Crippen LogP) is 3.76. The monoisotopic (exact) mass is 271 g/mol. The molecule has 2 rings (SSSR count). The highest BCUT2D eigenvalue weighted by atomic mass is 19.1. The summed E-state index contributed by atoms with van der Waals surface area (Å²) in [6.07, 6.45) is 0. The highest BCUT2D eigenvalue weighted by Crippen LogP contribution is 2.22. The summed E-state index contributed by atoms with van der Waals surface area (Å²) in [5.74, 6) is -3.36. The molecule has 0 radical (unpaired) electrons. The van der Waals surface area contributed by atoms with E-state index in [1.807, 2.05) is 19.1 Å². The van der Waals surface area contributed by atoms with Crippen LogP contribution in [0.5, 0.6) is 0 Å². The van der Waals surface area contributed by atoms with Gasteiger partial charge in [-0.1, -0.05) is 29.8 Å². The van der Waals surface area contributed by atoms with Gasteiger partial charge in [0.1, 0.15) is 17.6 Å². The number of benzene rings is 2. The lowest BCUT2D eigenvalue weighted by Crippen LogP contribution is -2.12. The molecule has 0 spiro atoms. The van der Waals surface area contributed by atoms with E-state index in [2.05, 4.69) is 0 Å². The van der Waals surface area contributed by atoms with E-state index in [4.69, 9.17) is 0 Å². The molecule has 2 aromatic rings. The zero-order valence-electron chi connectivity index (χ0n) is 10.7. The number of hydrogen-bond donors (Lipinski definition) is 0. The number of aryl methyl sites for hydroxylation is 1. The molecular formula is C16H11F2NO. The van der Waals surface area contributed by atoms with E-state index in [-0.39, 0.29) is 5.56 Å². The molecule has 0 saturated heterocycles. The molecular weight excluding hydrogens is 260 g/mol. The van der Waals surface area contributed by atoms with Gasteiger partial charge in [-0.3, -0.25) is 4.79 Å². The van der Waals surface area contributed by atoms with Gasteiger partial charge >= 0.3 is 0 Å². The van der Waals surface area contributed by atoms with Gasteiger partial charge in [0.05, 0.1) is 6.07 Å². The average molecular weight is 271 g/mol. The number of carbonyl (C=O) groups excluding carboxylic acids is 1. The number of nitrogens with zero attached hydrogens (tertiary/aromatic N) is 1. The maximum Gasteiger partial charge on any atom is 0.184 e. The number of rotatable bonds is 3. The van der Waals surface area contributed by atoms with Crippen LogP contribution in [0.1, 0.15) is 27.4 Å². The van der Waals surface area contributed by atoms with Gasteiger partial charge in [-0.05, 0) is 24.6 Å². The summed E-state index contributed by atoms with van der Waals surface area (Å²) in [7, 11) is 0. The summed E-state index contributed by atoms with van der Waals surface area (Å²) in [5.41, 5.74) is 1.28. The Morgan fingerprint density at radius 2 is 1.80 bits per heavy atom. The van der Waals surface area contributed by atoms with Crippen LogP contribution in [0, 0.1) is 29.9 Å². The minimum Gasteiger partial charge on any atom is -0.292 e. The van der Waals surface area contributed by atoms with E-state index in [1.54, 1.807) is 18.2 Å². The van der Waals surface area contributed by atoms with Gasteiger partial charge in [-0.15, -0.1) is 0 Å². The zero-order chi connectivity index (χ0) is 14.7. The van der Waals surface area contributed by atoms with Crippen LogP contribution < -0.4 is 0 Å². The van der Waals surface area contributed by atoms with Crippen LogP contribution in [0.3, 0.4) is 0 Å². The molecule has 2 aromatic carbocycles. The Hall–Kier alpha value is -2.54. The van der Waals surface area contributed by atoms with Crippen LogP contribution in [0.4, 0.5) is 8.78 Å². The SMILES string of the molecule is Cc1cccc(C(C#N)C(=O)c2cc(F)cc(F)c2)c1. The molecule has 100 valence electrons. The number of Topliss-reactive ketones (excluding diaryl/α,β-unsaturated/α-hetero) is 1. The van der Waals surface area contributed by atoms with E-state index in [1.165, 1.54) is 0 Å². The molecule has 0 aliphatic rings. The molecule has 1 atom stereocenters. The fourth-order valence-corrected chi connectivity index (χ4v) is 2.00. The van der Waals surface area contributed by atoms with Crippen LogP contribution in [0.15, 0.2) is 42.5 Å². The first-order valence-corrected chi connectivity index (χ1v) is 5.98. The Kier molecular flexibility index (Phi) is 3.90. The quantitative estimate of drug-likeness (QED) is 0.797. The maximum atomic E-state index is 13.1. The Morgan fingerprint density at radius 1 is 1.15 bits per heavy atom. The lowest BCUT2D eigenvalue weighted by molar-refractivity contribution is 0.0978. The van der Waals surface area contributed by atoms with Crippen LogP contribution in [-0.4, -0.2) is 5.78 Å². The molecule has 0 heterocycles. The topological polar surface area (TPSA) is 40.9 Å². The number of hydrogen-bond acceptors (Lipinski definition) is 2. The molecule has 0 N–H and O–H groups in total. The van der Waals surface area contributed by atoms with E-state index in [0.29, 0.717) is 11.6 Å². The molecule has 0 fully saturated rings. The molecule has 1 unspecified atom stereocenters. The molecule has 0 saturated carbocycles. The smallest absolute Gasteiger partial charge is 0.184 e. The van der Waals surface area contributed by atoms with E-state index in [0.717, 1.165) is 17.7 Å². The highest BCUT2D eigenvalue weighted by molar-refractivity contribution is 6.02. The first-order valence-electron chi connectivity index (χ1n) is 5.98. The van der Waals surface area contributed by atoms with E-state index in [9.17, 15) is 18.8 Å². The minimum atomic E-state index is -1.07. The van der Waals surface area contributed by atoms with Crippen LogP contribution >= 0.6 is 0 Å². The second-order valence-electron chi connectivity index (χ2n) is 4.50. The largest absolute Gasteiger partial charge is 0.292 e. The van der Waals surface area contributed by atoms with Crippen molar-refractivity contribution in [1.29, 1.82) is 5.26 Å². The first kappa shape index (κ1) is 13.9. The van der Waals surface area contributed by atoms with Crippen molar-refractivity contribution in [1.82, 2.24) is 0 Å². The third kappa shape index (κ3) is 2.89. The van der Waals surface area contributed by atoms with Crippen LogP contribution in [-0.2, 0) is 0 Å². The summed E-state index contributed by atoms with van der Waals surface area (Å²) in [6.45, 7) is 1.84. The van der Waals surface area contributed by atoms with Crippen molar-refractivity contribution in [3.8, 4) is 6.07 Å². The highest BCUT2D eigenvalue weighted by Gasteiger charge is 2.22. The number of ketones is 1. The molecule has 0 aliphatic heterocycles. The summed E-state index contributed by atoms with van der Waals surface area (Å²) in [4.78, 5) is 12.2. The Balaban J connectivity index is 2.42. The zero-order valence-corrected chi connectivity index (χ0v) is 10.7. The summed E-state index contributed by atoms with van der Waals surface area (Å²) < 4.78 is 26.3. The third-order valence-corrected chi connectivity index (χ3v) is 2.91. The predicted molar refractivity (Wildman–Crippen MR) is 70.2 cm³/mol. The van der Waals surface area contributed by atoms with Gasteiger partial charge < -0.3 is 0 Å². The van der Waals surface area contributed by atoms with Gasteiger partial charge in [-0.25, -0.2) is 8.78 Å². The van der Waals surface area contributed by atoms with Crippen molar-refractivity contribution < 1.29 is 13.6 Å². The van der Waals surface area contributed by atoms with Gasteiger partial charge in [-0.2, -0.15) is 5.26 Å². The van der Waals surface area contributed by atoms with E-state index < -0.39 is 23.3 Å². The second kappa shape index (κ2) is 5.62. The molecule has 0 aliphatic carbocycles.